The van der Waals surface area contributed by atoms with Gasteiger partial charge in [-0.2, -0.15) is 0 Å². The quantitative estimate of drug-likeness (QED) is 0.311. The third-order valence-corrected chi connectivity index (χ3v) is 4.53. The molecule has 0 spiro atoms. The minimum absolute atomic E-state index is 0. The summed E-state index contributed by atoms with van der Waals surface area (Å²) >= 11 is 0. The molecule has 2 aromatic rings. The Labute approximate surface area is 185 Å². The van der Waals surface area contributed by atoms with Crippen molar-refractivity contribution in [1.29, 1.82) is 0 Å². The Kier molecular flexibility index (Phi) is 10.7. The van der Waals surface area contributed by atoms with E-state index in [0.29, 0.717) is 24.3 Å². The van der Waals surface area contributed by atoms with E-state index in [4.69, 9.17) is 15.2 Å². The van der Waals surface area contributed by atoms with Crippen LogP contribution in [0.15, 0.2) is 53.5 Å². The number of guanidine groups is 1. The summed E-state index contributed by atoms with van der Waals surface area (Å²) in [6, 6.07) is 16.3. The number of nitrogens with two attached hydrogens (primary N) is 1. The van der Waals surface area contributed by atoms with Crippen LogP contribution in [0.1, 0.15) is 18.9 Å². The third kappa shape index (κ3) is 7.55. The van der Waals surface area contributed by atoms with Gasteiger partial charge in [0.2, 0.25) is 0 Å². The van der Waals surface area contributed by atoms with Crippen LogP contribution in [0.3, 0.4) is 0 Å². The summed E-state index contributed by atoms with van der Waals surface area (Å²) in [5.74, 6) is 1.77. The zero-order valence-electron chi connectivity index (χ0n) is 17.0. The molecule has 0 bridgehead atoms. The Balaban J connectivity index is 0.00000392. The fraction of sp³-hybridized carbons (Fsp3) is 0.381. The number of rotatable bonds is 9. The maximum Gasteiger partial charge on any atom is 0.193 e. The molecule has 154 valence electrons. The summed E-state index contributed by atoms with van der Waals surface area (Å²) in [5, 5.41) is 3.09. The van der Waals surface area contributed by atoms with E-state index in [9.17, 15) is 0 Å². The molecule has 1 atom stereocenters. The van der Waals surface area contributed by atoms with Gasteiger partial charge in [-0.25, -0.2) is 0 Å². The van der Waals surface area contributed by atoms with Gasteiger partial charge in [-0.1, -0.05) is 30.3 Å². The normalized spacial score (nSPS) is 12.2. The fourth-order valence-corrected chi connectivity index (χ4v) is 2.71. The van der Waals surface area contributed by atoms with Crippen LogP contribution in [-0.2, 0) is 6.54 Å². The van der Waals surface area contributed by atoms with Crippen LogP contribution >= 0.6 is 24.0 Å². The zero-order valence-corrected chi connectivity index (χ0v) is 19.3. The number of ether oxygens (including phenoxy) is 2. The summed E-state index contributed by atoms with van der Waals surface area (Å²) in [6.45, 7) is 3.76. The molecule has 0 saturated carbocycles. The van der Waals surface area contributed by atoms with Gasteiger partial charge in [0, 0.05) is 25.2 Å². The van der Waals surface area contributed by atoms with Gasteiger partial charge in [0.05, 0.1) is 19.9 Å². The first-order chi connectivity index (χ1) is 13.0. The third-order valence-electron chi connectivity index (χ3n) is 4.53. The van der Waals surface area contributed by atoms with E-state index in [0.717, 1.165) is 24.4 Å². The molecule has 0 radical (unpaired) electrons. The highest BCUT2D eigenvalue weighted by Gasteiger charge is 2.10. The van der Waals surface area contributed by atoms with E-state index >= 15 is 0 Å². The minimum atomic E-state index is 0. The number of anilines is 1. The SMILES string of the molecule is COc1ccc(OC)c(NC(N)=NCCC(C)N(C)Cc2ccccc2)c1.I. The number of nitrogens with one attached hydrogen (secondary N) is 1. The first kappa shape index (κ1) is 24.0. The first-order valence-electron chi connectivity index (χ1n) is 9.06. The van der Waals surface area contributed by atoms with Gasteiger partial charge in [0.15, 0.2) is 5.96 Å². The number of halogens is 1. The highest BCUT2D eigenvalue weighted by atomic mass is 127. The average molecular weight is 498 g/mol. The molecule has 0 amide bonds. The van der Waals surface area contributed by atoms with Crippen molar-refractivity contribution >= 4 is 35.6 Å². The highest BCUT2D eigenvalue weighted by molar-refractivity contribution is 14.0. The number of benzene rings is 2. The monoisotopic (exact) mass is 498 g/mol. The van der Waals surface area contributed by atoms with Crippen molar-refractivity contribution in [1.82, 2.24) is 4.90 Å². The molecule has 2 aromatic carbocycles. The number of methoxy groups -OCH3 is 2. The van der Waals surface area contributed by atoms with Crippen molar-refractivity contribution in [3.8, 4) is 11.5 Å². The van der Waals surface area contributed by atoms with Crippen molar-refractivity contribution < 1.29 is 9.47 Å². The number of nitrogens with zero attached hydrogens (tertiary/aromatic N) is 2. The second-order valence-electron chi connectivity index (χ2n) is 6.50. The van der Waals surface area contributed by atoms with E-state index in [2.05, 4.69) is 53.4 Å². The molecule has 1 unspecified atom stereocenters. The summed E-state index contributed by atoms with van der Waals surface area (Å²) in [7, 11) is 5.37. The molecule has 0 saturated heterocycles. The molecule has 0 heterocycles. The standard InChI is InChI=1S/C21H30N4O2.HI/c1-16(25(2)15-17-8-6-5-7-9-17)12-13-23-21(22)24-19-14-18(26-3)10-11-20(19)27-4;/h5-11,14,16H,12-13,15H2,1-4H3,(H3,22,23,24);1H. The van der Waals surface area contributed by atoms with Gasteiger partial charge in [0.1, 0.15) is 11.5 Å². The van der Waals surface area contributed by atoms with E-state index in [1.54, 1.807) is 14.2 Å². The van der Waals surface area contributed by atoms with Crippen molar-refractivity contribution in [3.05, 3.63) is 54.1 Å². The minimum Gasteiger partial charge on any atom is -0.497 e. The molecule has 0 fully saturated rings. The summed E-state index contributed by atoms with van der Waals surface area (Å²) < 4.78 is 10.6. The highest BCUT2D eigenvalue weighted by Crippen LogP contribution is 2.28. The van der Waals surface area contributed by atoms with Gasteiger partial charge >= 0.3 is 0 Å². The average Bonchev–Trinajstić information content (AvgIpc) is 2.68. The van der Waals surface area contributed by atoms with E-state index in [-0.39, 0.29) is 24.0 Å². The van der Waals surface area contributed by atoms with Crippen LogP contribution in [0.25, 0.3) is 0 Å². The molecule has 2 rings (SSSR count). The molecule has 0 aliphatic heterocycles. The maximum absolute atomic E-state index is 6.04. The Morgan fingerprint density at radius 3 is 2.50 bits per heavy atom. The van der Waals surface area contributed by atoms with Crippen LogP contribution in [-0.4, -0.2) is 44.7 Å². The van der Waals surface area contributed by atoms with E-state index in [1.165, 1.54) is 5.56 Å². The molecular formula is C21H31IN4O2. The smallest absolute Gasteiger partial charge is 0.193 e. The van der Waals surface area contributed by atoms with Crippen molar-refractivity contribution in [3.63, 3.8) is 0 Å². The van der Waals surface area contributed by atoms with Gasteiger partial charge < -0.3 is 20.5 Å². The molecule has 0 aromatic heterocycles. The number of aliphatic imine (C=N–C) groups is 1. The maximum atomic E-state index is 6.04. The van der Waals surface area contributed by atoms with Crippen LogP contribution in [0.2, 0.25) is 0 Å². The van der Waals surface area contributed by atoms with Gasteiger partial charge in [-0.3, -0.25) is 9.89 Å². The van der Waals surface area contributed by atoms with Gasteiger partial charge in [-0.05, 0) is 38.1 Å². The van der Waals surface area contributed by atoms with Crippen LogP contribution < -0.4 is 20.5 Å². The molecular weight excluding hydrogens is 467 g/mol. The zero-order chi connectivity index (χ0) is 19.6. The second kappa shape index (κ2) is 12.5. The second-order valence-corrected chi connectivity index (χ2v) is 6.50. The molecule has 7 heteroatoms. The Morgan fingerprint density at radius 1 is 1.14 bits per heavy atom. The lowest BCUT2D eigenvalue weighted by Gasteiger charge is -2.24. The predicted molar refractivity (Wildman–Crippen MR) is 127 cm³/mol. The Morgan fingerprint density at radius 2 is 1.86 bits per heavy atom. The van der Waals surface area contributed by atoms with E-state index in [1.807, 2.05) is 24.3 Å². The number of hydrogen-bond acceptors (Lipinski definition) is 4. The molecule has 28 heavy (non-hydrogen) atoms. The van der Waals surface area contributed by atoms with Crippen LogP contribution in [0, 0.1) is 0 Å². The van der Waals surface area contributed by atoms with Crippen molar-refractivity contribution in [2.75, 3.05) is 33.1 Å². The number of hydrogen-bond donors (Lipinski definition) is 2. The largest absolute Gasteiger partial charge is 0.497 e. The molecule has 6 nitrogen and oxygen atoms in total. The fourth-order valence-electron chi connectivity index (χ4n) is 2.71. The lowest BCUT2D eigenvalue weighted by atomic mass is 10.1. The predicted octanol–water partition coefficient (Wildman–Crippen LogP) is 3.96. The molecule has 0 aliphatic carbocycles. The van der Waals surface area contributed by atoms with E-state index < -0.39 is 0 Å². The lowest BCUT2D eigenvalue weighted by Crippen LogP contribution is -2.30. The van der Waals surface area contributed by atoms with Gasteiger partial charge in [-0.15, -0.1) is 24.0 Å². The van der Waals surface area contributed by atoms with Crippen LogP contribution in [0.5, 0.6) is 11.5 Å². The summed E-state index contributed by atoms with van der Waals surface area (Å²) in [6.07, 6.45) is 0.918. The van der Waals surface area contributed by atoms with Crippen LogP contribution in [0.4, 0.5) is 5.69 Å². The molecule has 0 aliphatic rings. The lowest BCUT2D eigenvalue weighted by molar-refractivity contribution is 0.240. The van der Waals surface area contributed by atoms with Crippen molar-refractivity contribution in [2.45, 2.75) is 25.9 Å². The van der Waals surface area contributed by atoms with Gasteiger partial charge in [0.25, 0.3) is 0 Å². The molecule has 3 N–H and O–H groups in total. The topological polar surface area (TPSA) is 72.1 Å². The summed E-state index contributed by atoms with van der Waals surface area (Å²) in [4.78, 5) is 6.76. The Hall–Kier alpha value is -2.00. The van der Waals surface area contributed by atoms with Crippen molar-refractivity contribution in [2.24, 2.45) is 10.7 Å². The first-order valence-corrected chi connectivity index (χ1v) is 9.06. The Bertz CT molecular complexity index is 740. The summed E-state index contributed by atoms with van der Waals surface area (Å²) in [5.41, 5.74) is 8.07.